The van der Waals surface area contributed by atoms with E-state index in [2.05, 4.69) is 4.72 Å². The first-order valence-electron chi connectivity index (χ1n) is 7.20. The second-order valence-corrected chi connectivity index (χ2v) is 7.68. The highest BCUT2D eigenvalue weighted by molar-refractivity contribution is 7.89. The Morgan fingerprint density at radius 3 is 2.45 bits per heavy atom. The quantitative estimate of drug-likeness (QED) is 0.896. The third kappa shape index (κ3) is 3.40. The Bertz CT molecular complexity index is 576. The Balaban J connectivity index is 2.26. The van der Waals surface area contributed by atoms with Crippen molar-refractivity contribution >= 4 is 10.0 Å². The molecule has 1 aromatic carbocycles. The van der Waals surface area contributed by atoms with Crippen LogP contribution in [0.1, 0.15) is 50.2 Å². The van der Waals surface area contributed by atoms with E-state index in [9.17, 15) is 8.42 Å². The largest absolute Gasteiger partial charge is 0.326 e. The SMILES string of the molecule is Cc1cc(CN)ccc1S(=O)(=O)NC1(C)CCCCC1. The van der Waals surface area contributed by atoms with Crippen LogP contribution in [-0.2, 0) is 16.6 Å². The van der Waals surface area contributed by atoms with E-state index >= 15 is 0 Å². The first-order chi connectivity index (χ1) is 9.36. The minimum atomic E-state index is -3.46. The number of rotatable bonds is 4. The standard InChI is InChI=1S/C15H24N2O2S/c1-12-10-13(11-16)6-7-14(12)20(18,19)17-15(2)8-4-3-5-9-15/h6-7,10,17H,3-5,8-9,11,16H2,1-2H3. The maximum Gasteiger partial charge on any atom is 0.241 e. The van der Waals surface area contributed by atoms with Crippen molar-refractivity contribution in [1.82, 2.24) is 4.72 Å². The van der Waals surface area contributed by atoms with E-state index < -0.39 is 10.0 Å². The van der Waals surface area contributed by atoms with Gasteiger partial charge in [0.05, 0.1) is 4.90 Å². The van der Waals surface area contributed by atoms with E-state index in [0.717, 1.165) is 36.8 Å². The lowest BCUT2D eigenvalue weighted by atomic mass is 9.84. The van der Waals surface area contributed by atoms with Crippen molar-refractivity contribution < 1.29 is 8.42 Å². The normalized spacial score (nSPS) is 18.9. The van der Waals surface area contributed by atoms with Gasteiger partial charge in [0.2, 0.25) is 10.0 Å². The molecule has 0 radical (unpaired) electrons. The number of hydrogen-bond donors (Lipinski definition) is 2. The molecule has 1 aromatic rings. The number of nitrogens with two attached hydrogens (primary N) is 1. The van der Waals surface area contributed by atoms with Gasteiger partial charge in [-0.3, -0.25) is 0 Å². The smallest absolute Gasteiger partial charge is 0.241 e. The first kappa shape index (κ1) is 15.5. The molecule has 5 heteroatoms. The molecule has 0 amide bonds. The van der Waals surface area contributed by atoms with Crippen LogP contribution in [0.2, 0.25) is 0 Å². The highest BCUT2D eigenvalue weighted by atomic mass is 32.2. The summed E-state index contributed by atoms with van der Waals surface area (Å²) >= 11 is 0. The Hall–Kier alpha value is -0.910. The fraction of sp³-hybridized carbons (Fsp3) is 0.600. The van der Waals surface area contributed by atoms with Gasteiger partial charge in [0.15, 0.2) is 0 Å². The maximum absolute atomic E-state index is 12.6. The lowest BCUT2D eigenvalue weighted by Crippen LogP contribution is -2.47. The van der Waals surface area contributed by atoms with Gasteiger partial charge in [-0.15, -0.1) is 0 Å². The van der Waals surface area contributed by atoms with Crippen molar-refractivity contribution in [2.75, 3.05) is 0 Å². The molecule has 0 heterocycles. The number of aryl methyl sites for hydroxylation is 1. The Kier molecular flexibility index (Phi) is 4.52. The number of nitrogens with one attached hydrogen (secondary N) is 1. The van der Waals surface area contributed by atoms with Crippen molar-refractivity contribution in [3.63, 3.8) is 0 Å². The van der Waals surface area contributed by atoms with Crippen molar-refractivity contribution in [1.29, 1.82) is 0 Å². The lowest BCUT2D eigenvalue weighted by Gasteiger charge is -2.34. The van der Waals surface area contributed by atoms with Crippen LogP contribution in [0.4, 0.5) is 0 Å². The highest BCUT2D eigenvalue weighted by Crippen LogP contribution is 2.29. The molecule has 1 aliphatic rings. The van der Waals surface area contributed by atoms with Gasteiger partial charge in [0.25, 0.3) is 0 Å². The van der Waals surface area contributed by atoms with Crippen molar-refractivity contribution in [2.45, 2.75) is 62.9 Å². The highest BCUT2D eigenvalue weighted by Gasteiger charge is 2.32. The molecular weight excluding hydrogens is 272 g/mol. The third-order valence-corrected chi connectivity index (χ3v) is 5.90. The van der Waals surface area contributed by atoms with Crippen molar-refractivity contribution in [3.8, 4) is 0 Å². The van der Waals surface area contributed by atoms with E-state index in [1.165, 1.54) is 6.42 Å². The molecule has 0 saturated heterocycles. The summed E-state index contributed by atoms with van der Waals surface area (Å²) in [7, 11) is -3.46. The summed E-state index contributed by atoms with van der Waals surface area (Å²) in [5, 5.41) is 0. The van der Waals surface area contributed by atoms with E-state index in [4.69, 9.17) is 5.73 Å². The number of benzene rings is 1. The predicted molar refractivity (Wildman–Crippen MR) is 80.9 cm³/mol. The molecule has 112 valence electrons. The molecule has 3 N–H and O–H groups in total. The molecule has 0 spiro atoms. The molecule has 0 aliphatic heterocycles. The van der Waals surface area contributed by atoms with Crippen LogP contribution >= 0.6 is 0 Å². The molecule has 1 fully saturated rings. The zero-order valence-electron chi connectivity index (χ0n) is 12.3. The summed E-state index contributed by atoms with van der Waals surface area (Å²) < 4.78 is 28.1. The van der Waals surface area contributed by atoms with Gasteiger partial charge in [0, 0.05) is 12.1 Å². The number of sulfonamides is 1. The Morgan fingerprint density at radius 2 is 1.90 bits per heavy atom. The molecule has 0 bridgehead atoms. The average molecular weight is 296 g/mol. The van der Waals surface area contributed by atoms with Crippen molar-refractivity contribution in [2.24, 2.45) is 5.73 Å². The summed E-state index contributed by atoms with van der Waals surface area (Å²) in [6.07, 6.45) is 5.19. The summed E-state index contributed by atoms with van der Waals surface area (Å²) in [5.41, 5.74) is 6.97. The Morgan fingerprint density at radius 1 is 1.25 bits per heavy atom. The molecular formula is C15H24N2O2S. The lowest BCUT2D eigenvalue weighted by molar-refractivity contribution is 0.294. The molecule has 1 saturated carbocycles. The van der Waals surface area contributed by atoms with Crippen LogP contribution in [0.25, 0.3) is 0 Å². The van der Waals surface area contributed by atoms with Gasteiger partial charge in [-0.05, 0) is 43.9 Å². The zero-order chi connectivity index (χ0) is 14.8. The topological polar surface area (TPSA) is 72.2 Å². The van der Waals surface area contributed by atoms with E-state index in [-0.39, 0.29) is 5.54 Å². The molecule has 1 aliphatic carbocycles. The molecule has 20 heavy (non-hydrogen) atoms. The van der Waals surface area contributed by atoms with Gasteiger partial charge < -0.3 is 5.73 Å². The molecule has 0 atom stereocenters. The fourth-order valence-electron chi connectivity index (χ4n) is 2.95. The average Bonchev–Trinajstić information content (AvgIpc) is 2.37. The molecule has 0 aromatic heterocycles. The van der Waals surface area contributed by atoms with Crippen molar-refractivity contribution in [3.05, 3.63) is 29.3 Å². The number of hydrogen-bond acceptors (Lipinski definition) is 3. The summed E-state index contributed by atoms with van der Waals surface area (Å²) in [6, 6.07) is 5.29. The minimum absolute atomic E-state index is 0.309. The zero-order valence-corrected chi connectivity index (χ0v) is 13.1. The maximum atomic E-state index is 12.6. The summed E-state index contributed by atoms with van der Waals surface area (Å²) in [4.78, 5) is 0.362. The van der Waals surface area contributed by atoms with E-state index in [1.54, 1.807) is 12.1 Å². The van der Waals surface area contributed by atoms with Gasteiger partial charge in [-0.25, -0.2) is 13.1 Å². The van der Waals surface area contributed by atoms with Crippen LogP contribution in [0, 0.1) is 6.92 Å². The van der Waals surface area contributed by atoms with Crippen LogP contribution < -0.4 is 10.5 Å². The predicted octanol–water partition coefficient (Wildman–Crippen LogP) is 2.45. The van der Waals surface area contributed by atoms with E-state index in [0.29, 0.717) is 11.4 Å². The minimum Gasteiger partial charge on any atom is -0.326 e. The molecule has 2 rings (SSSR count). The molecule has 4 nitrogen and oxygen atoms in total. The van der Waals surface area contributed by atoms with Gasteiger partial charge in [-0.2, -0.15) is 0 Å². The summed E-state index contributed by atoms with van der Waals surface area (Å²) in [5.74, 6) is 0. The first-order valence-corrected chi connectivity index (χ1v) is 8.68. The van der Waals surface area contributed by atoms with Gasteiger partial charge in [-0.1, -0.05) is 31.4 Å². The van der Waals surface area contributed by atoms with E-state index in [1.807, 2.05) is 19.9 Å². The second-order valence-electron chi connectivity index (χ2n) is 6.03. The van der Waals surface area contributed by atoms with Crippen LogP contribution in [-0.4, -0.2) is 14.0 Å². The Labute approximate surface area is 121 Å². The third-order valence-electron chi connectivity index (χ3n) is 4.10. The molecule has 0 unspecified atom stereocenters. The second kappa shape index (κ2) is 5.84. The monoisotopic (exact) mass is 296 g/mol. The van der Waals surface area contributed by atoms with Crippen LogP contribution in [0.15, 0.2) is 23.1 Å². The van der Waals surface area contributed by atoms with Crippen LogP contribution in [0.3, 0.4) is 0 Å². The fourth-order valence-corrected chi connectivity index (χ4v) is 4.65. The van der Waals surface area contributed by atoms with Gasteiger partial charge in [0.1, 0.15) is 0 Å². The van der Waals surface area contributed by atoms with Crippen LogP contribution in [0.5, 0.6) is 0 Å². The van der Waals surface area contributed by atoms with Gasteiger partial charge >= 0.3 is 0 Å². The summed E-state index contributed by atoms with van der Waals surface area (Å²) in [6.45, 7) is 4.25.